The van der Waals surface area contributed by atoms with Gasteiger partial charge in [0.1, 0.15) is 28.6 Å². The van der Waals surface area contributed by atoms with Crippen LogP contribution >= 0.6 is 0 Å². The van der Waals surface area contributed by atoms with Crippen molar-refractivity contribution in [1.29, 1.82) is 0 Å². The zero-order chi connectivity index (χ0) is 18.1. The van der Waals surface area contributed by atoms with Crippen molar-refractivity contribution >= 4 is 22.4 Å². The fourth-order valence-electron chi connectivity index (χ4n) is 3.69. The number of benzene rings is 2. The number of anilines is 2. The Hall–Kier alpha value is -2.95. The molecular formula is C21H22N2O3. The Morgan fingerprint density at radius 3 is 2.42 bits per heavy atom. The van der Waals surface area contributed by atoms with Gasteiger partial charge in [0.05, 0.1) is 21.3 Å². The summed E-state index contributed by atoms with van der Waals surface area (Å²) in [5.41, 5.74) is 4.34. The summed E-state index contributed by atoms with van der Waals surface area (Å²) in [6.07, 6.45) is 3.14. The number of nitrogens with one attached hydrogen (secondary N) is 1. The van der Waals surface area contributed by atoms with Crippen LogP contribution in [0, 0.1) is 0 Å². The minimum absolute atomic E-state index is 0.754. The largest absolute Gasteiger partial charge is 0.497 e. The lowest BCUT2D eigenvalue weighted by Gasteiger charge is -2.17. The molecule has 26 heavy (non-hydrogen) atoms. The van der Waals surface area contributed by atoms with Crippen molar-refractivity contribution in [3.8, 4) is 17.2 Å². The second-order valence-corrected chi connectivity index (χ2v) is 6.32. The van der Waals surface area contributed by atoms with Crippen molar-refractivity contribution in [1.82, 2.24) is 4.98 Å². The Morgan fingerprint density at radius 1 is 0.885 bits per heavy atom. The molecule has 5 nitrogen and oxygen atoms in total. The van der Waals surface area contributed by atoms with Crippen molar-refractivity contribution in [2.45, 2.75) is 19.3 Å². The van der Waals surface area contributed by atoms with Crippen LogP contribution in [-0.4, -0.2) is 26.3 Å². The van der Waals surface area contributed by atoms with Crippen LogP contribution in [-0.2, 0) is 12.8 Å². The highest BCUT2D eigenvalue weighted by atomic mass is 16.5. The Morgan fingerprint density at radius 2 is 1.65 bits per heavy atom. The molecule has 1 heterocycles. The number of ether oxygens (including phenoxy) is 3. The highest BCUT2D eigenvalue weighted by Crippen LogP contribution is 2.42. The summed E-state index contributed by atoms with van der Waals surface area (Å²) in [5.74, 6) is 3.29. The van der Waals surface area contributed by atoms with E-state index in [-0.39, 0.29) is 0 Å². The third-order valence-electron chi connectivity index (χ3n) is 4.90. The molecule has 3 aromatic rings. The third kappa shape index (κ3) is 2.69. The molecule has 5 heteroatoms. The van der Waals surface area contributed by atoms with E-state index in [0.717, 1.165) is 58.9 Å². The molecule has 0 unspecified atom stereocenters. The molecule has 1 N–H and O–H groups in total. The first-order valence-corrected chi connectivity index (χ1v) is 8.72. The van der Waals surface area contributed by atoms with Gasteiger partial charge in [-0.25, -0.2) is 4.98 Å². The number of hydrogen-bond donors (Lipinski definition) is 1. The van der Waals surface area contributed by atoms with Crippen LogP contribution in [0.25, 0.3) is 10.9 Å². The maximum Gasteiger partial charge on any atom is 0.145 e. The highest BCUT2D eigenvalue weighted by molar-refractivity contribution is 5.96. The number of aromatic nitrogens is 1. The van der Waals surface area contributed by atoms with E-state index in [4.69, 9.17) is 19.2 Å². The topological polar surface area (TPSA) is 52.6 Å². The fourth-order valence-corrected chi connectivity index (χ4v) is 3.69. The molecule has 0 fully saturated rings. The number of aryl methyl sites for hydroxylation is 1. The van der Waals surface area contributed by atoms with Gasteiger partial charge in [-0.15, -0.1) is 0 Å². The number of methoxy groups -OCH3 is 3. The van der Waals surface area contributed by atoms with Crippen LogP contribution < -0.4 is 19.5 Å². The smallest absolute Gasteiger partial charge is 0.145 e. The molecule has 4 rings (SSSR count). The summed E-state index contributed by atoms with van der Waals surface area (Å²) in [6, 6.07) is 11.7. The summed E-state index contributed by atoms with van der Waals surface area (Å²) in [4.78, 5) is 4.92. The normalized spacial score (nSPS) is 12.7. The molecule has 2 aromatic carbocycles. The Balaban J connectivity index is 1.90. The van der Waals surface area contributed by atoms with Crippen LogP contribution in [0.1, 0.15) is 17.5 Å². The molecular weight excluding hydrogens is 328 g/mol. The molecule has 0 aliphatic heterocycles. The van der Waals surface area contributed by atoms with E-state index >= 15 is 0 Å². The molecule has 1 aliphatic carbocycles. The number of pyridine rings is 1. The average Bonchev–Trinajstić information content (AvgIpc) is 3.17. The maximum absolute atomic E-state index is 5.61. The van der Waals surface area contributed by atoms with Gasteiger partial charge in [0.25, 0.3) is 0 Å². The average molecular weight is 350 g/mol. The molecule has 0 amide bonds. The monoisotopic (exact) mass is 350 g/mol. The second kappa shape index (κ2) is 6.75. The van der Waals surface area contributed by atoms with E-state index in [0.29, 0.717) is 0 Å². The van der Waals surface area contributed by atoms with Crippen LogP contribution in [0.15, 0.2) is 36.4 Å². The first-order valence-electron chi connectivity index (χ1n) is 8.72. The Kier molecular flexibility index (Phi) is 4.29. The van der Waals surface area contributed by atoms with Crippen molar-refractivity contribution < 1.29 is 14.2 Å². The van der Waals surface area contributed by atoms with E-state index < -0.39 is 0 Å². The Bertz CT molecular complexity index is 969. The molecule has 0 spiro atoms. The van der Waals surface area contributed by atoms with Crippen molar-refractivity contribution in [3.05, 3.63) is 47.5 Å². The zero-order valence-corrected chi connectivity index (χ0v) is 15.3. The lowest BCUT2D eigenvalue weighted by atomic mass is 10.0. The maximum atomic E-state index is 5.61. The van der Waals surface area contributed by atoms with Crippen LogP contribution in [0.2, 0.25) is 0 Å². The second-order valence-electron chi connectivity index (χ2n) is 6.32. The van der Waals surface area contributed by atoms with Gasteiger partial charge in [-0.3, -0.25) is 0 Å². The van der Waals surface area contributed by atoms with Crippen molar-refractivity contribution in [2.24, 2.45) is 0 Å². The van der Waals surface area contributed by atoms with Crippen molar-refractivity contribution in [2.75, 3.05) is 26.6 Å². The minimum atomic E-state index is 0.754. The number of nitrogens with zero attached hydrogens (tertiary/aromatic N) is 1. The summed E-state index contributed by atoms with van der Waals surface area (Å²) in [6.45, 7) is 0. The van der Waals surface area contributed by atoms with Crippen LogP contribution in [0.5, 0.6) is 17.2 Å². The van der Waals surface area contributed by atoms with Gasteiger partial charge in [-0.1, -0.05) is 6.07 Å². The first-order chi connectivity index (χ1) is 12.7. The first kappa shape index (κ1) is 16.5. The van der Waals surface area contributed by atoms with E-state index in [2.05, 4.69) is 5.32 Å². The number of rotatable bonds is 5. The lowest BCUT2D eigenvalue weighted by Crippen LogP contribution is -2.03. The van der Waals surface area contributed by atoms with Crippen molar-refractivity contribution in [3.63, 3.8) is 0 Å². The molecule has 0 saturated carbocycles. The predicted octanol–water partition coefficient (Wildman–Crippen LogP) is 4.49. The molecule has 1 aliphatic rings. The number of fused-ring (bicyclic) bond motifs is 3. The van der Waals surface area contributed by atoms with Crippen LogP contribution in [0.4, 0.5) is 11.5 Å². The van der Waals surface area contributed by atoms with Gasteiger partial charge in [0.2, 0.25) is 0 Å². The molecule has 0 saturated heterocycles. The van der Waals surface area contributed by atoms with Gasteiger partial charge in [0.15, 0.2) is 0 Å². The third-order valence-corrected chi connectivity index (χ3v) is 4.90. The SMILES string of the molecule is COc1cccc(Nc2nc3c(OC)ccc(OC)c3c3c2CCC3)c1. The fraction of sp³-hybridized carbons (Fsp3) is 0.286. The standard InChI is InChI=1S/C21H22N2O3/c1-24-14-7-4-6-13(12-14)22-21-16-9-5-8-15(16)19-17(25-2)10-11-18(26-3)20(19)23-21/h4,6-7,10-12H,5,8-9H2,1-3H3,(H,22,23). The summed E-state index contributed by atoms with van der Waals surface area (Å²) < 4.78 is 16.5. The highest BCUT2D eigenvalue weighted by Gasteiger charge is 2.24. The molecule has 0 radical (unpaired) electrons. The summed E-state index contributed by atoms with van der Waals surface area (Å²) >= 11 is 0. The van der Waals surface area contributed by atoms with Crippen LogP contribution in [0.3, 0.4) is 0 Å². The van der Waals surface area contributed by atoms with Gasteiger partial charge in [-0.2, -0.15) is 0 Å². The van der Waals surface area contributed by atoms with Gasteiger partial charge >= 0.3 is 0 Å². The summed E-state index contributed by atoms with van der Waals surface area (Å²) in [7, 11) is 5.04. The predicted molar refractivity (Wildman–Crippen MR) is 103 cm³/mol. The molecule has 0 bridgehead atoms. The molecule has 0 atom stereocenters. The number of hydrogen-bond acceptors (Lipinski definition) is 5. The lowest BCUT2D eigenvalue weighted by molar-refractivity contribution is 0.409. The van der Waals surface area contributed by atoms with Gasteiger partial charge in [0, 0.05) is 17.1 Å². The minimum Gasteiger partial charge on any atom is -0.497 e. The Labute approximate surface area is 152 Å². The van der Waals surface area contributed by atoms with E-state index in [1.165, 1.54) is 11.1 Å². The van der Waals surface area contributed by atoms with E-state index in [1.54, 1.807) is 21.3 Å². The van der Waals surface area contributed by atoms with Gasteiger partial charge in [-0.05, 0) is 54.7 Å². The molecule has 134 valence electrons. The summed E-state index contributed by atoms with van der Waals surface area (Å²) in [5, 5.41) is 4.54. The van der Waals surface area contributed by atoms with E-state index in [9.17, 15) is 0 Å². The molecule has 1 aromatic heterocycles. The van der Waals surface area contributed by atoms with E-state index in [1.807, 2.05) is 36.4 Å². The van der Waals surface area contributed by atoms with Gasteiger partial charge < -0.3 is 19.5 Å². The quantitative estimate of drug-likeness (QED) is 0.734. The zero-order valence-electron chi connectivity index (χ0n) is 15.3.